The Balaban J connectivity index is 2.27. The minimum atomic E-state index is -3.20. The van der Waals surface area contributed by atoms with E-state index >= 15 is 0 Å². The predicted octanol–water partition coefficient (Wildman–Crippen LogP) is 1.93. The molecule has 2 aromatic rings. The van der Waals surface area contributed by atoms with Crippen molar-refractivity contribution in [2.45, 2.75) is 11.8 Å². The molecule has 18 heavy (non-hydrogen) atoms. The van der Waals surface area contributed by atoms with Crippen LogP contribution in [0.25, 0.3) is 0 Å². The van der Waals surface area contributed by atoms with Gasteiger partial charge in [-0.3, -0.25) is 0 Å². The van der Waals surface area contributed by atoms with Crippen molar-refractivity contribution in [2.75, 3.05) is 11.6 Å². The van der Waals surface area contributed by atoms with Crippen molar-refractivity contribution in [3.05, 3.63) is 42.1 Å². The lowest BCUT2D eigenvalue weighted by atomic mass is 10.3. The van der Waals surface area contributed by atoms with Crippen LogP contribution in [-0.2, 0) is 9.84 Å². The van der Waals surface area contributed by atoms with Crippen LogP contribution in [0.2, 0.25) is 0 Å². The van der Waals surface area contributed by atoms with Gasteiger partial charge in [-0.1, -0.05) is 6.07 Å². The van der Waals surface area contributed by atoms with Crippen molar-refractivity contribution >= 4 is 21.3 Å². The molecular weight excluding hydrogens is 250 g/mol. The van der Waals surface area contributed by atoms with Gasteiger partial charge < -0.3 is 5.32 Å². The normalized spacial score (nSPS) is 11.2. The monoisotopic (exact) mass is 263 g/mol. The summed E-state index contributed by atoms with van der Waals surface area (Å²) in [5, 5.41) is 10.9. The summed E-state index contributed by atoms with van der Waals surface area (Å²) in [6, 6.07) is 10.2. The zero-order valence-electron chi connectivity index (χ0n) is 10.1. The SMILES string of the molecule is Cc1ccc(Nc2cccc(S(C)(=O)=O)c2)nn1. The second kappa shape index (κ2) is 4.73. The standard InChI is InChI=1S/C12H13N3O2S/c1-9-6-7-12(15-14-9)13-10-4-3-5-11(8-10)18(2,16)17/h3-8H,1-2H3,(H,13,15). The molecule has 0 radical (unpaired) electrons. The van der Waals surface area contributed by atoms with E-state index in [2.05, 4.69) is 15.5 Å². The fourth-order valence-electron chi connectivity index (χ4n) is 1.42. The number of hydrogen-bond donors (Lipinski definition) is 1. The van der Waals surface area contributed by atoms with Crippen molar-refractivity contribution in [1.29, 1.82) is 0 Å². The fraction of sp³-hybridized carbons (Fsp3) is 0.167. The van der Waals surface area contributed by atoms with Crippen molar-refractivity contribution in [3.8, 4) is 0 Å². The summed E-state index contributed by atoms with van der Waals surface area (Å²) in [4.78, 5) is 0.271. The Hall–Kier alpha value is -1.95. The average molecular weight is 263 g/mol. The van der Waals surface area contributed by atoms with E-state index < -0.39 is 9.84 Å². The van der Waals surface area contributed by atoms with Crippen LogP contribution in [0.5, 0.6) is 0 Å². The Labute approximate surface area is 106 Å². The maximum absolute atomic E-state index is 11.4. The smallest absolute Gasteiger partial charge is 0.175 e. The Kier molecular flexibility index (Phi) is 3.29. The van der Waals surface area contributed by atoms with Crippen LogP contribution in [0.3, 0.4) is 0 Å². The molecule has 0 saturated carbocycles. The summed E-state index contributed by atoms with van der Waals surface area (Å²) in [5.74, 6) is 0.575. The number of hydrogen-bond acceptors (Lipinski definition) is 5. The van der Waals surface area contributed by atoms with Crippen LogP contribution in [0, 0.1) is 6.92 Å². The Morgan fingerprint density at radius 1 is 1.11 bits per heavy atom. The molecule has 1 heterocycles. The van der Waals surface area contributed by atoms with E-state index in [1.54, 1.807) is 30.3 Å². The molecule has 1 aromatic heterocycles. The van der Waals surface area contributed by atoms with Crippen molar-refractivity contribution in [3.63, 3.8) is 0 Å². The molecule has 94 valence electrons. The fourth-order valence-corrected chi connectivity index (χ4v) is 2.08. The first kappa shape index (κ1) is 12.5. The van der Waals surface area contributed by atoms with E-state index in [1.165, 1.54) is 6.26 Å². The second-order valence-electron chi connectivity index (χ2n) is 3.98. The molecule has 0 spiro atoms. The van der Waals surface area contributed by atoms with Gasteiger partial charge in [-0.2, -0.15) is 5.10 Å². The molecule has 5 nitrogen and oxygen atoms in total. The summed E-state index contributed by atoms with van der Waals surface area (Å²) in [7, 11) is -3.20. The highest BCUT2D eigenvalue weighted by Crippen LogP contribution is 2.18. The van der Waals surface area contributed by atoms with E-state index in [-0.39, 0.29) is 4.90 Å². The van der Waals surface area contributed by atoms with Gasteiger partial charge in [0.1, 0.15) is 0 Å². The lowest BCUT2D eigenvalue weighted by Crippen LogP contribution is -2.00. The number of aromatic nitrogens is 2. The quantitative estimate of drug-likeness (QED) is 0.916. The van der Waals surface area contributed by atoms with Crippen LogP contribution in [-0.4, -0.2) is 24.9 Å². The third-order valence-electron chi connectivity index (χ3n) is 2.33. The third kappa shape index (κ3) is 3.04. The number of rotatable bonds is 3. The van der Waals surface area contributed by atoms with Gasteiger partial charge >= 0.3 is 0 Å². The minimum absolute atomic E-state index is 0.271. The summed E-state index contributed by atoms with van der Waals surface area (Å²) >= 11 is 0. The lowest BCUT2D eigenvalue weighted by Gasteiger charge is -2.06. The second-order valence-corrected chi connectivity index (χ2v) is 6.00. The van der Waals surface area contributed by atoms with Gasteiger partial charge in [-0.05, 0) is 37.3 Å². The van der Waals surface area contributed by atoms with Crippen LogP contribution in [0.15, 0.2) is 41.3 Å². The Morgan fingerprint density at radius 2 is 1.89 bits per heavy atom. The first-order chi connectivity index (χ1) is 8.45. The molecule has 0 saturated heterocycles. The van der Waals surface area contributed by atoms with Crippen LogP contribution >= 0.6 is 0 Å². The molecular formula is C12H13N3O2S. The minimum Gasteiger partial charge on any atom is -0.339 e. The summed E-state index contributed by atoms with van der Waals surface area (Å²) in [6.45, 7) is 1.85. The molecule has 0 amide bonds. The van der Waals surface area contributed by atoms with Gasteiger partial charge in [-0.25, -0.2) is 8.42 Å². The van der Waals surface area contributed by atoms with Gasteiger partial charge in [-0.15, -0.1) is 5.10 Å². The largest absolute Gasteiger partial charge is 0.339 e. The zero-order valence-corrected chi connectivity index (χ0v) is 10.9. The molecule has 0 atom stereocenters. The van der Waals surface area contributed by atoms with Gasteiger partial charge in [0.15, 0.2) is 15.7 Å². The molecule has 1 N–H and O–H groups in total. The predicted molar refractivity (Wildman–Crippen MR) is 69.6 cm³/mol. The molecule has 6 heteroatoms. The topological polar surface area (TPSA) is 72.0 Å². The molecule has 0 aliphatic heterocycles. The summed E-state index contributed by atoms with van der Waals surface area (Å²) in [6.07, 6.45) is 1.18. The van der Waals surface area contributed by atoms with Gasteiger partial charge in [0.25, 0.3) is 0 Å². The number of nitrogens with zero attached hydrogens (tertiary/aromatic N) is 2. The summed E-state index contributed by atoms with van der Waals surface area (Å²) < 4.78 is 22.9. The van der Waals surface area contributed by atoms with Gasteiger partial charge in [0, 0.05) is 11.9 Å². The molecule has 0 aliphatic carbocycles. The molecule has 0 aliphatic rings. The number of nitrogens with one attached hydrogen (secondary N) is 1. The average Bonchev–Trinajstić information content (AvgIpc) is 2.31. The summed E-state index contributed by atoms with van der Waals surface area (Å²) in [5.41, 5.74) is 1.49. The third-order valence-corrected chi connectivity index (χ3v) is 3.44. The van der Waals surface area contributed by atoms with E-state index in [4.69, 9.17) is 0 Å². The van der Waals surface area contributed by atoms with Gasteiger partial charge in [0.05, 0.1) is 10.6 Å². The lowest BCUT2D eigenvalue weighted by molar-refractivity contribution is 0.602. The zero-order chi connectivity index (χ0) is 13.2. The maximum atomic E-state index is 11.4. The van der Waals surface area contributed by atoms with E-state index in [1.807, 2.05) is 13.0 Å². The number of sulfone groups is 1. The maximum Gasteiger partial charge on any atom is 0.175 e. The van der Waals surface area contributed by atoms with E-state index in [0.717, 1.165) is 5.69 Å². The highest BCUT2D eigenvalue weighted by atomic mass is 32.2. The van der Waals surface area contributed by atoms with Crippen molar-refractivity contribution < 1.29 is 8.42 Å². The molecule has 1 aromatic carbocycles. The van der Waals surface area contributed by atoms with Gasteiger partial charge in [0.2, 0.25) is 0 Å². The number of anilines is 2. The molecule has 0 fully saturated rings. The van der Waals surface area contributed by atoms with E-state index in [0.29, 0.717) is 11.5 Å². The number of aryl methyl sites for hydroxylation is 1. The highest BCUT2D eigenvalue weighted by molar-refractivity contribution is 7.90. The molecule has 0 bridgehead atoms. The van der Waals surface area contributed by atoms with E-state index in [9.17, 15) is 8.42 Å². The molecule has 0 unspecified atom stereocenters. The highest BCUT2D eigenvalue weighted by Gasteiger charge is 2.07. The molecule has 2 rings (SSSR count). The van der Waals surface area contributed by atoms with Crippen molar-refractivity contribution in [2.24, 2.45) is 0 Å². The Morgan fingerprint density at radius 3 is 2.50 bits per heavy atom. The van der Waals surface area contributed by atoms with Crippen LogP contribution < -0.4 is 5.32 Å². The first-order valence-corrected chi connectivity index (χ1v) is 7.22. The van der Waals surface area contributed by atoms with Crippen LogP contribution in [0.4, 0.5) is 11.5 Å². The number of benzene rings is 1. The van der Waals surface area contributed by atoms with Crippen molar-refractivity contribution in [1.82, 2.24) is 10.2 Å². The van der Waals surface area contributed by atoms with Crippen LogP contribution in [0.1, 0.15) is 5.69 Å². The Bertz CT molecular complexity index is 651. The first-order valence-electron chi connectivity index (χ1n) is 5.32.